The van der Waals surface area contributed by atoms with E-state index < -0.39 is 0 Å². The van der Waals surface area contributed by atoms with E-state index in [9.17, 15) is 0 Å². The Kier molecular flexibility index (Phi) is 4.05. The first-order valence-electron chi connectivity index (χ1n) is 5.90. The minimum Gasteiger partial charge on any atom is -0.139 e. The van der Waals surface area contributed by atoms with E-state index in [1.165, 1.54) is 23.1 Å². The second-order valence-electron chi connectivity index (χ2n) is 3.99. The SMILES string of the molecule is C(=C\c1csnn1)/c1ccc(/C=C/c2csnn2)cc1. The van der Waals surface area contributed by atoms with Crippen LogP contribution in [-0.4, -0.2) is 19.2 Å². The molecule has 0 unspecified atom stereocenters. The maximum atomic E-state index is 3.97. The highest BCUT2D eigenvalue weighted by Crippen LogP contribution is 2.11. The molecule has 0 amide bonds. The molecule has 0 bridgehead atoms. The van der Waals surface area contributed by atoms with Crippen molar-refractivity contribution in [2.45, 2.75) is 0 Å². The maximum Gasteiger partial charge on any atom is 0.0982 e. The lowest BCUT2D eigenvalue weighted by Gasteiger charge is -1.95. The van der Waals surface area contributed by atoms with Crippen LogP contribution in [0.25, 0.3) is 24.3 Å². The third kappa shape index (κ3) is 3.43. The lowest BCUT2D eigenvalue weighted by molar-refractivity contribution is 1.14. The van der Waals surface area contributed by atoms with Crippen molar-refractivity contribution in [3.8, 4) is 0 Å². The van der Waals surface area contributed by atoms with Gasteiger partial charge >= 0.3 is 0 Å². The third-order valence-corrected chi connectivity index (χ3v) is 3.63. The van der Waals surface area contributed by atoms with Crippen LogP contribution in [0.1, 0.15) is 22.5 Å². The highest BCUT2D eigenvalue weighted by Gasteiger charge is 1.92. The molecular weight excluding hydrogens is 288 g/mol. The average Bonchev–Trinajstić information content (AvgIpc) is 3.17. The highest BCUT2D eigenvalue weighted by molar-refractivity contribution is 7.03. The summed E-state index contributed by atoms with van der Waals surface area (Å²) in [5.41, 5.74) is 4.03. The number of aromatic nitrogens is 4. The van der Waals surface area contributed by atoms with Gasteiger partial charge < -0.3 is 0 Å². The van der Waals surface area contributed by atoms with E-state index in [1.807, 2.05) is 35.1 Å². The van der Waals surface area contributed by atoms with Gasteiger partial charge in [-0.15, -0.1) is 10.2 Å². The Bertz CT molecular complexity index is 635. The summed E-state index contributed by atoms with van der Waals surface area (Å²) in [6, 6.07) is 8.26. The molecule has 0 atom stereocenters. The van der Waals surface area contributed by atoms with E-state index in [0.717, 1.165) is 22.5 Å². The van der Waals surface area contributed by atoms with Gasteiger partial charge in [-0.3, -0.25) is 0 Å². The quantitative estimate of drug-likeness (QED) is 0.736. The maximum absolute atomic E-state index is 3.97. The summed E-state index contributed by atoms with van der Waals surface area (Å²) in [5.74, 6) is 0. The summed E-state index contributed by atoms with van der Waals surface area (Å²) in [4.78, 5) is 0. The summed E-state index contributed by atoms with van der Waals surface area (Å²) in [7, 11) is 0. The molecule has 0 aliphatic carbocycles. The molecule has 0 saturated carbocycles. The van der Waals surface area contributed by atoms with Crippen molar-refractivity contribution in [2.75, 3.05) is 0 Å². The third-order valence-electron chi connectivity index (χ3n) is 2.58. The highest BCUT2D eigenvalue weighted by atomic mass is 32.1. The fourth-order valence-corrected chi connectivity index (χ4v) is 2.41. The van der Waals surface area contributed by atoms with Crippen LogP contribution in [0.15, 0.2) is 35.0 Å². The zero-order valence-corrected chi connectivity index (χ0v) is 12.0. The molecule has 0 fully saturated rings. The molecule has 20 heavy (non-hydrogen) atoms. The Hall–Kier alpha value is -2.18. The van der Waals surface area contributed by atoms with Gasteiger partial charge in [0.25, 0.3) is 0 Å². The molecule has 3 rings (SSSR count). The molecule has 6 heteroatoms. The smallest absolute Gasteiger partial charge is 0.0982 e. The zero-order chi connectivity index (χ0) is 13.6. The number of rotatable bonds is 4. The Labute approximate surface area is 124 Å². The van der Waals surface area contributed by atoms with Crippen LogP contribution in [0.5, 0.6) is 0 Å². The molecule has 2 heterocycles. The monoisotopic (exact) mass is 298 g/mol. The van der Waals surface area contributed by atoms with E-state index >= 15 is 0 Å². The fourth-order valence-electron chi connectivity index (χ4n) is 1.57. The lowest BCUT2D eigenvalue weighted by atomic mass is 10.1. The number of benzene rings is 1. The van der Waals surface area contributed by atoms with Crippen LogP contribution in [0, 0.1) is 0 Å². The van der Waals surface area contributed by atoms with Crippen molar-refractivity contribution in [3.05, 3.63) is 57.5 Å². The normalized spacial score (nSPS) is 11.6. The van der Waals surface area contributed by atoms with Gasteiger partial charge in [-0.05, 0) is 46.3 Å². The summed E-state index contributed by atoms with van der Waals surface area (Å²) in [6.45, 7) is 0. The van der Waals surface area contributed by atoms with Gasteiger partial charge in [0.05, 0.1) is 11.4 Å². The Morgan fingerprint density at radius 3 is 1.45 bits per heavy atom. The van der Waals surface area contributed by atoms with E-state index in [-0.39, 0.29) is 0 Å². The van der Waals surface area contributed by atoms with E-state index in [0.29, 0.717) is 0 Å². The van der Waals surface area contributed by atoms with Gasteiger partial charge in [0.2, 0.25) is 0 Å². The predicted molar refractivity (Wildman–Crippen MR) is 84.1 cm³/mol. The van der Waals surface area contributed by atoms with Gasteiger partial charge in [0, 0.05) is 10.8 Å². The summed E-state index contributed by atoms with van der Waals surface area (Å²) in [5, 5.41) is 11.8. The summed E-state index contributed by atoms with van der Waals surface area (Å²) >= 11 is 2.70. The van der Waals surface area contributed by atoms with Crippen LogP contribution in [-0.2, 0) is 0 Å². The van der Waals surface area contributed by atoms with Crippen LogP contribution < -0.4 is 0 Å². The molecule has 0 N–H and O–H groups in total. The van der Waals surface area contributed by atoms with Gasteiger partial charge in [-0.1, -0.05) is 45.4 Å². The van der Waals surface area contributed by atoms with Crippen LogP contribution in [0.2, 0.25) is 0 Å². The van der Waals surface area contributed by atoms with E-state index in [2.05, 4.69) is 43.4 Å². The number of nitrogens with zero attached hydrogens (tertiary/aromatic N) is 4. The fraction of sp³-hybridized carbons (Fsp3) is 0. The second-order valence-corrected chi connectivity index (χ2v) is 5.21. The topological polar surface area (TPSA) is 51.6 Å². The predicted octanol–water partition coefficient (Wildman–Crippen LogP) is 3.73. The second kappa shape index (κ2) is 6.31. The Morgan fingerprint density at radius 1 is 0.650 bits per heavy atom. The van der Waals surface area contributed by atoms with Gasteiger partial charge in [-0.25, -0.2) is 0 Å². The van der Waals surface area contributed by atoms with Crippen LogP contribution in [0.4, 0.5) is 0 Å². The Balaban J connectivity index is 1.68. The molecule has 4 nitrogen and oxygen atoms in total. The van der Waals surface area contributed by atoms with Crippen molar-refractivity contribution >= 4 is 47.4 Å². The van der Waals surface area contributed by atoms with E-state index in [1.54, 1.807) is 0 Å². The lowest BCUT2D eigenvalue weighted by Crippen LogP contribution is -1.76. The minimum atomic E-state index is 0.884. The summed E-state index contributed by atoms with van der Waals surface area (Å²) < 4.78 is 7.64. The summed E-state index contributed by atoms with van der Waals surface area (Å²) in [6.07, 6.45) is 7.95. The van der Waals surface area contributed by atoms with Crippen molar-refractivity contribution in [1.82, 2.24) is 19.2 Å². The molecule has 2 aromatic heterocycles. The van der Waals surface area contributed by atoms with Crippen LogP contribution >= 0.6 is 23.1 Å². The number of hydrogen-bond acceptors (Lipinski definition) is 6. The van der Waals surface area contributed by atoms with Crippen molar-refractivity contribution in [1.29, 1.82) is 0 Å². The van der Waals surface area contributed by atoms with Crippen molar-refractivity contribution in [2.24, 2.45) is 0 Å². The Morgan fingerprint density at radius 2 is 1.10 bits per heavy atom. The number of hydrogen-bond donors (Lipinski definition) is 0. The molecule has 3 aromatic rings. The van der Waals surface area contributed by atoms with Crippen molar-refractivity contribution < 1.29 is 0 Å². The van der Waals surface area contributed by atoms with Crippen LogP contribution in [0.3, 0.4) is 0 Å². The molecule has 0 saturated heterocycles. The van der Waals surface area contributed by atoms with Gasteiger partial charge in [0.1, 0.15) is 0 Å². The first-order valence-corrected chi connectivity index (χ1v) is 7.58. The van der Waals surface area contributed by atoms with Gasteiger partial charge in [-0.2, -0.15) is 0 Å². The molecule has 0 aliphatic rings. The zero-order valence-electron chi connectivity index (χ0n) is 10.4. The molecule has 1 aromatic carbocycles. The molecule has 0 radical (unpaired) electrons. The molecular formula is C14H10N4S2. The van der Waals surface area contributed by atoms with E-state index in [4.69, 9.17) is 0 Å². The average molecular weight is 298 g/mol. The first kappa shape index (κ1) is 12.8. The molecule has 98 valence electrons. The molecule has 0 spiro atoms. The standard InChI is InChI=1S/C14H10N4S2/c1-2-12(6-8-14-10-20-18-16-14)4-3-11(1)5-7-13-9-19-17-15-13/h1-10H/b7-5+,8-6+. The molecule has 0 aliphatic heterocycles. The largest absolute Gasteiger partial charge is 0.139 e. The first-order chi connectivity index (χ1) is 9.90. The minimum absolute atomic E-state index is 0.884. The van der Waals surface area contributed by atoms with Gasteiger partial charge in [0.15, 0.2) is 0 Å². The van der Waals surface area contributed by atoms with Crippen molar-refractivity contribution in [3.63, 3.8) is 0 Å².